The van der Waals surface area contributed by atoms with Crippen LogP contribution in [0.2, 0.25) is 0 Å². The Hall–Kier alpha value is -1.61. The van der Waals surface area contributed by atoms with Gasteiger partial charge in [0, 0.05) is 24.1 Å². The minimum atomic E-state index is -1.20. The second kappa shape index (κ2) is 6.72. The summed E-state index contributed by atoms with van der Waals surface area (Å²) in [5.74, 6) is 0.806. The van der Waals surface area contributed by atoms with E-state index >= 15 is 0 Å². The molecule has 1 saturated heterocycles. The minimum Gasteiger partial charge on any atom is -0.475 e. The topological polar surface area (TPSA) is 101 Å². The molecule has 3 heterocycles. The lowest BCUT2D eigenvalue weighted by Crippen LogP contribution is -2.50. The van der Waals surface area contributed by atoms with Crippen LogP contribution in [-0.2, 0) is 7.05 Å². The Morgan fingerprint density at radius 1 is 1.21 bits per heavy atom. The monoisotopic (exact) mass is 351 g/mol. The molecule has 0 aromatic carbocycles. The molecular weight excluding hydrogens is 330 g/mol. The fourth-order valence-corrected chi connectivity index (χ4v) is 3.88. The number of hydrogen-bond donors (Lipinski definition) is 3. The highest BCUT2D eigenvalue weighted by atomic mass is 32.2. The number of aromatic nitrogens is 3. The smallest absolute Gasteiger partial charge is 0.173 e. The maximum Gasteiger partial charge on any atom is 0.173 e. The highest BCUT2D eigenvalue weighted by Crippen LogP contribution is 2.30. The van der Waals surface area contributed by atoms with Gasteiger partial charge in [0.15, 0.2) is 5.44 Å². The molecule has 1 fully saturated rings. The summed E-state index contributed by atoms with van der Waals surface area (Å²) in [4.78, 5) is 4.43. The van der Waals surface area contributed by atoms with Crippen LogP contribution in [0.3, 0.4) is 0 Å². The molecule has 3 rings (SSSR count). The number of pyridine rings is 1. The summed E-state index contributed by atoms with van der Waals surface area (Å²) in [7, 11) is 1.89. The van der Waals surface area contributed by atoms with Crippen molar-refractivity contribution in [2.24, 2.45) is 7.05 Å². The van der Waals surface area contributed by atoms with Crippen molar-refractivity contribution in [2.75, 3.05) is 5.75 Å². The number of aliphatic hydroxyl groups excluding tert-OH is 3. The molecule has 0 unspecified atom stereocenters. The molecule has 7 nitrogen and oxygen atoms in total. The van der Waals surface area contributed by atoms with Crippen LogP contribution in [0.5, 0.6) is 5.75 Å². The number of rotatable bonds is 3. The van der Waals surface area contributed by atoms with Crippen molar-refractivity contribution >= 4 is 11.8 Å². The van der Waals surface area contributed by atoms with Crippen molar-refractivity contribution in [3.8, 4) is 17.0 Å². The zero-order valence-electron chi connectivity index (χ0n) is 13.7. The van der Waals surface area contributed by atoms with E-state index in [0.29, 0.717) is 11.5 Å². The largest absolute Gasteiger partial charge is 0.475 e. The van der Waals surface area contributed by atoms with Crippen molar-refractivity contribution in [1.82, 2.24) is 14.8 Å². The van der Waals surface area contributed by atoms with Gasteiger partial charge in [-0.2, -0.15) is 5.10 Å². The lowest BCUT2D eigenvalue weighted by molar-refractivity contribution is -0.0786. The van der Waals surface area contributed by atoms with Crippen LogP contribution in [0.4, 0.5) is 0 Å². The first-order chi connectivity index (χ1) is 11.4. The zero-order valence-corrected chi connectivity index (χ0v) is 14.6. The van der Waals surface area contributed by atoms with Crippen LogP contribution < -0.4 is 4.74 Å². The maximum atomic E-state index is 9.99. The van der Waals surface area contributed by atoms with Crippen molar-refractivity contribution in [3.05, 3.63) is 29.7 Å². The number of ether oxygens (including phenoxy) is 1. The molecule has 0 saturated carbocycles. The molecular formula is C16H21N3O4S. The Morgan fingerprint density at radius 2 is 1.96 bits per heavy atom. The number of thioether (sulfide) groups is 1. The Bertz CT molecular complexity index is 719. The third-order valence-corrected chi connectivity index (χ3v) is 5.45. The first-order valence-electron chi connectivity index (χ1n) is 7.67. The van der Waals surface area contributed by atoms with Gasteiger partial charge in [0.05, 0.1) is 23.7 Å². The third-order valence-electron chi connectivity index (χ3n) is 4.21. The van der Waals surface area contributed by atoms with E-state index in [9.17, 15) is 15.3 Å². The summed E-state index contributed by atoms with van der Waals surface area (Å²) in [6, 6.07) is 3.62. The number of aryl methyl sites for hydroxylation is 2. The molecule has 4 atom stereocenters. The molecule has 130 valence electrons. The minimum absolute atomic E-state index is 0.308. The predicted molar refractivity (Wildman–Crippen MR) is 90.8 cm³/mol. The van der Waals surface area contributed by atoms with Crippen LogP contribution in [0.1, 0.15) is 11.4 Å². The molecule has 0 spiro atoms. The zero-order chi connectivity index (χ0) is 17.4. The molecule has 0 radical (unpaired) electrons. The van der Waals surface area contributed by atoms with Gasteiger partial charge in [-0.25, -0.2) is 0 Å². The molecule has 2 aromatic heterocycles. The molecule has 2 aromatic rings. The number of aliphatic hydroxyl groups is 3. The van der Waals surface area contributed by atoms with E-state index in [2.05, 4.69) is 10.1 Å². The molecule has 0 aliphatic carbocycles. The van der Waals surface area contributed by atoms with E-state index < -0.39 is 23.7 Å². The van der Waals surface area contributed by atoms with E-state index in [-0.39, 0.29) is 0 Å². The van der Waals surface area contributed by atoms with Crippen LogP contribution in [0.25, 0.3) is 11.3 Å². The molecule has 1 aliphatic rings. The average molecular weight is 351 g/mol. The second-order valence-corrected chi connectivity index (χ2v) is 7.05. The summed E-state index contributed by atoms with van der Waals surface area (Å²) in [6.07, 6.45) is -1.71. The van der Waals surface area contributed by atoms with E-state index in [1.807, 2.05) is 31.6 Å². The molecule has 0 bridgehead atoms. The Kier molecular flexibility index (Phi) is 4.82. The normalized spacial score (nSPS) is 27.2. The van der Waals surface area contributed by atoms with E-state index in [1.165, 1.54) is 11.8 Å². The SMILES string of the molecule is Cc1nn(C)c(C)c1-c1ccc(O[C@H]2SC[C@@H](O)[C@H](O)[C@H]2O)cn1. The van der Waals surface area contributed by atoms with Gasteiger partial charge in [-0.05, 0) is 26.0 Å². The van der Waals surface area contributed by atoms with Gasteiger partial charge in [0.1, 0.15) is 18.0 Å². The van der Waals surface area contributed by atoms with Gasteiger partial charge >= 0.3 is 0 Å². The fraction of sp³-hybridized carbons (Fsp3) is 0.500. The van der Waals surface area contributed by atoms with Gasteiger partial charge in [-0.1, -0.05) is 0 Å². The van der Waals surface area contributed by atoms with Crippen molar-refractivity contribution in [3.63, 3.8) is 0 Å². The third kappa shape index (κ3) is 3.14. The number of hydrogen-bond acceptors (Lipinski definition) is 7. The van der Waals surface area contributed by atoms with Gasteiger partial charge < -0.3 is 20.1 Å². The van der Waals surface area contributed by atoms with Crippen LogP contribution in [0, 0.1) is 13.8 Å². The Morgan fingerprint density at radius 3 is 2.54 bits per heavy atom. The lowest BCUT2D eigenvalue weighted by atomic mass is 10.1. The summed E-state index contributed by atoms with van der Waals surface area (Å²) < 4.78 is 7.52. The standard InChI is InChI=1S/C16H21N3O4S/c1-8-13(9(2)19(3)18-8)11-5-4-10(6-17-11)23-16-15(22)14(21)12(20)7-24-16/h4-6,12,14-16,20-22H,7H2,1-3H3/t12-,14+,15-,16+/m1/s1. The van der Waals surface area contributed by atoms with Crippen molar-refractivity contribution in [1.29, 1.82) is 0 Å². The molecule has 1 aliphatic heterocycles. The lowest BCUT2D eigenvalue weighted by Gasteiger charge is -2.34. The summed E-state index contributed by atoms with van der Waals surface area (Å²) in [6.45, 7) is 3.93. The fourth-order valence-electron chi connectivity index (χ4n) is 2.76. The van der Waals surface area contributed by atoms with E-state index in [0.717, 1.165) is 22.6 Å². The quantitative estimate of drug-likeness (QED) is 0.746. The van der Waals surface area contributed by atoms with Crippen LogP contribution >= 0.6 is 11.8 Å². The maximum absolute atomic E-state index is 9.99. The van der Waals surface area contributed by atoms with Crippen LogP contribution in [0.15, 0.2) is 18.3 Å². The molecule has 8 heteroatoms. The van der Waals surface area contributed by atoms with Crippen molar-refractivity contribution in [2.45, 2.75) is 37.6 Å². The van der Waals surface area contributed by atoms with Crippen molar-refractivity contribution < 1.29 is 20.1 Å². The summed E-state index contributed by atoms with van der Waals surface area (Å²) in [5.41, 5.74) is 3.10. The molecule has 24 heavy (non-hydrogen) atoms. The van der Waals surface area contributed by atoms with Gasteiger partial charge in [-0.3, -0.25) is 9.67 Å². The molecule has 3 N–H and O–H groups in total. The average Bonchev–Trinajstić information content (AvgIpc) is 2.81. The summed E-state index contributed by atoms with van der Waals surface area (Å²) in [5, 5.41) is 33.7. The van der Waals surface area contributed by atoms with Gasteiger partial charge in [-0.15, -0.1) is 11.8 Å². The van der Waals surface area contributed by atoms with E-state index in [1.54, 1.807) is 12.3 Å². The Labute approximate surface area is 144 Å². The second-order valence-electron chi connectivity index (χ2n) is 5.92. The van der Waals surface area contributed by atoms with Gasteiger partial charge in [0.2, 0.25) is 0 Å². The number of nitrogens with zero attached hydrogens (tertiary/aromatic N) is 3. The highest BCUT2D eigenvalue weighted by molar-refractivity contribution is 7.99. The first kappa shape index (κ1) is 17.2. The highest BCUT2D eigenvalue weighted by Gasteiger charge is 2.38. The van der Waals surface area contributed by atoms with Gasteiger partial charge in [0.25, 0.3) is 0 Å². The molecule has 0 amide bonds. The Balaban J connectivity index is 1.76. The van der Waals surface area contributed by atoms with Crippen LogP contribution in [-0.4, -0.2) is 59.6 Å². The summed E-state index contributed by atoms with van der Waals surface area (Å²) >= 11 is 1.26. The first-order valence-corrected chi connectivity index (χ1v) is 8.72. The predicted octanol–water partition coefficient (Wildman–Crippen LogP) is 0.633. The van der Waals surface area contributed by atoms with E-state index in [4.69, 9.17) is 4.74 Å².